The summed E-state index contributed by atoms with van der Waals surface area (Å²) in [5, 5.41) is 12.5. The van der Waals surface area contributed by atoms with E-state index in [0.29, 0.717) is 33.3 Å². The summed E-state index contributed by atoms with van der Waals surface area (Å²) in [6, 6.07) is 6.61. The summed E-state index contributed by atoms with van der Waals surface area (Å²) in [5.74, 6) is 0.270. The number of fused-ring (bicyclic) bond motifs is 1. The maximum Gasteiger partial charge on any atom is 0.163 e. The van der Waals surface area contributed by atoms with Crippen molar-refractivity contribution in [3.63, 3.8) is 0 Å². The van der Waals surface area contributed by atoms with Gasteiger partial charge >= 0.3 is 0 Å². The predicted molar refractivity (Wildman–Crippen MR) is 89.9 cm³/mol. The van der Waals surface area contributed by atoms with E-state index in [1.54, 1.807) is 23.0 Å². The Morgan fingerprint density at radius 3 is 2.88 bits per heavy atom. The van der Waals surface area contributed by atoms with E-state index in [0.717, 1.165) is 18.4 Å². The molecular formula is C17H13ClFN5. The van der Waals surface area contributed by atoms with Crippen molar-refractivity contribution in [1.82, 2.24) is 14.5 Å². The molecule has 0 unspecified atom stereocenters. The number of rotatable bonds is 3. The molecule has 1 aliphatic rings. The van der Waals surface area contributed by atoms with E-state index >= 15 is 0 Å². The van der Waals surface area contributed by atoms with Crippen LogP contribution >= 0.6 is 11.6 Å². The van der Waals surface area contributed by atoms with Gasteiger partial charge in [-0.05, 0) is 36.5 Å². The number of aryl methyl sites for hydroxylation is 1. The lowest BCUT2D eigenvalue weighted by Crippen LogP contribution is -2.02. The SMILES string of the molecule is Cn1cnc2c(Cl)cc(Nc3c(F)cc(C#N)cc3C3CC3)nc21. The molecule has 0 spiro atoms. The molecule has 0 amide bonds. The summed E-state index contributed by atoms with van der Waals surface area (Å²) < 4.78 is 16.3. The van der Waals surface area contributed by atoms with Crippen LogP contribution in [0, 0.1) is 17.1 Å². The molecule has 1 aliphatic carbocycles. The van der Waals surface area contributed by atoms with Crippen LogP contribution in [0.1, 0.15) is 29.9 Å². The molecule has 1 saturated carbocycles. The molecule has 7 heteroatoms. The summed E-state index contributed by atoms with van der Waals surface area (Å²) >= 11 is 6.25. The minimum Gasteiger partial charge on any atom is -0.337 e. The molecule has 120 valence electrons. The lowest BCUT2D eigenvalue weighted by molar-refractivity contribution is 0.629. The first-order valence-corrected chi connectivity index (χ1v) is 7.92. The van der Waals surface area contributed by atoms with Gasteiger partial charge in [0, 0.05) is 13.1 Å². The van der Waals surface area contributed by atoms with E-state index in [9.17, 15) is 4.39 Å². The zero-order valence-corrected chi connectivity index (χ0v) is 13.6. The number of nitrogens with zero attached hydrogens (tertiary/aromatic N) is 4. The summed E-state index contributed by atoms with van der Waals surface area (Å²) in [7, 11) is 1.82. The molecular weight excluding hydrogens is 329 g/mol. The second-order valence-corrected chi connectivity index (χ2v) is 6.36. The van der Waals surface area contributed by atoms with Crippen molar-refractivity contribution in [2.75, 3.05) is 5.32 Å². The summed E-state index contributed by atoms with van der Waals surface area (Å²) in [6.45, 7) is 0. The predicted octanol–water partition coefficient (Wildman–Crippen LogP) is 4.25. The Bertz CT molecular complexity index is 1000. The van der Waals surface area contributed by atoms with Crippen molar-refractivity contribution in [3.05, 3.63) is 46.5 Å². The highest BCUT2D eigenvalue weighted by atomic mass is 35.5. The van der Waals surface area contributed by atoms with Crippen molar-refractivity contribution >= 4 is 34.3 Å². The minimum absolute atomic E-state index is 0.284. The number of imidazole rings is 1. The number of pyridine rings is 1. The van der Waals surface area contributed by atoms with Crippen molar-refractivity contribution in [3.8, 4) is 6.07 Å². The third-order valence-electron chi connectivity index (χ3n) is 4.14. The Balaban J connectivity index is 1.81. The fourth-order valence-electron chi connectivity index (χ4n) is 2.79. The molecule has 1 fully saturated rings. The number of nitrogens with one attached hydrogen (secondary N) is 1. The number of aromatic nitrogens is 3. The Kier molecular flexibility index (Phi) is 3.39. The van der Waals surface area contributed by atoms with Gasteiger partial charge in [0.15, 0.2) is 5.65 Å². The molecule has 1 N–H and O–H groups in total. The molecule has 0 aliphatic heterocycles. The number of benzene rings is 1. The van der Waals surface area contributed by atoms with E-state index in [4.69, 9.17) is 16.9 Å². The quantitative estimate of drug-likeness (QED) is 0.773. The maximum absolute atomic E-state index is 14.5. The second kappa shape index (κ2) is 5.46. The zero-order chi connectivity index (χ0) is 16.8. The first-order valence-electron chi connectivity index (χ1n) is 7.55. The first kappa shape index (κ1) is 14.9. The smallest absolute Gasteiger partial charge is 0.163 e. The average Bonchev–Trinajstić information content (AvgIpc) is 3.33. The van der Waals surface area contributed by atoms with Crippen LogP contribution in [0.3, 0.4) is 0 Å². The lowest BCUT2D eigenvalue weighted by atomic mass is 10.0. The van der Waals surface area contributed by atoms with Gasteiger partial charge in [-0.15, -0.1) is 0 Å². The monoisotopic (exact) mass is 341 g/mol. The van der Waals surface area contributed by atoms with Gasteiger partial charge in [0.1, 0.15) is 17.2 Å². The topological polar surface area (TPSA) is 66.5 Å². The zero-order valence-electron chi connectivity index (χ0n) is 12.8. The number of halogens is 2. The fraction of sp³-hybridized carbons (Fsp3) is 0.235. The molecule has 0 bridgehead atoms. The molecule has 0 radical (unpaired) electrons. The average molecular weight is 342 g/mol. The van der Waals surface area contributed by atoms with E-state index in [1.807, 2.05) is 13.1 Å². The maximum atomic E-state index is 14.5. The molecule has 2 aromatic heterocycles. The Morgan fingerprint density at radius 1 is 1.38 bits per heavy atom. The van der Waals surface area contributed by atoms with E-state index in [-0.39, 0.29) is 5.92 Å². The normalized spacial score (nSPS) is 13.9. The molecule has 1 aromatic carbocycles. The van der Waals surface area contributed by atoms with Gasteiger partial charge in [-0.1, -0.05) is 11.6 Å². The van der Waals surface area contributed by atoms with Crippen molar-refractivity contribution in [1.29, 1.82) is 5.26 Å². The third-order valence-corrected chi connectivity index (χ3v) is 4.43. The molecule has 2 heterocycles. The molecule has 4 rings (SSSR count). The van der Waals surface area contributed by atoms with Gasteiger partial charge in [0.2, 0.25) is 0 Å². The van der Waals surface area contributed by atoms with Crippen LogP contribution in [0.2, 0.25) is 5.02 Å². The summed E-state index contributed by atoms with van der Waals surface area (Å²) in [4.78, 5) is 8.66. The second-order valence-electron chi connectivity index (χ2n) is 5.95. The van der Waals surface area contributed by atoms with E-state index < -0.39 is 5.82 Å². The summed E-state index contributed by atoms with van der Waals surface area (Å²) in [6.07, 6.45) is 3.63. The fourth-order valence-corrected chi connectivity index (χ4v) is 3.03. The van der Waals surface area contributed by atoms with Crippen molar-refractivity contribution < 1.29 is 4.39 Å². The summed E-state index contributed by atoms with van der Waals surface area (Å²) in [5.41, 5.74) is 2.73. The lowest BCUT2D eigenvalue weighted by Gasteiger charge is -2.13. The minimum atomic E-state index is -0.459. The largest absolute Gasteiger partial charge is 0.337 e. The van der Waals surface area contributed by atoms with Crippen LogP contribution in [-0.2, 0) is 7.05 Å². The molecule has 24 heavy (non-hydrogen) atoms. The van der Waals surface area contributed by atoms with Gasteiger partial charge < -0.3 is 9.88 Å². The van der Waals surface area contributed by atoms with Gasteiger partial charge in [-0.3, -0.25) is 0 Å². The Hall–Kier alpha value is -2.65. The van der Waals surface area contributed by atoms with Gasteiger partial charge in [-0.2, -0.15) is 5.26 Å². The molecule has 5 nitrogen and oxygen atoms in total. The highest BCUT2D eigenvalue weighted by Gasteiger charge is 2.28. The first-order chi connectivity index (χ1) is 11.6. The standard InChI is InChI=1S/C17H13ClFN5/c1-24-8-21-16-12(18)6-14(23-17(16)24)22-15-11(10-2-3-10)4-9(7-20)5-13(15)19/h4-6,8,10H,2-3H2,1H3,(H,22,23). The van der Waals surface area contributed by atoms with Gasteiger partial charge in [0.25, 0.3) is 0 Å². The van der Waals surface area contributed by atoms with Gasteiger partial charge in [0.05, 0.1) is 28.7 Å². The number of hydrogen-bond acceptors (Lipinski definition) is 4. The number of hydrogen-bond donors (Lipinski definition) is 1. The van der Waals surface area contributed by atoms with Crippen molar-refractivity contribution in [2.45, 2.75) is 18.8 Å². The van der Waals surface area contributed by atoms with Crippen LogP contribution in [0.5, 0.6) is 0 Å². The Morgan fingerprint density at radius 2 is 2.17 bits per heavy atom. The van der Waals surface area contributed by atoms with E-state index in [2.05, 4.69) is 15.3 Å². The number of nitriles is 1. The van der Waals surface area contributed by atoms with Crippen LogP contribution in [0.4, 0.5) is 15.9 Å². The van der Waals surface area contributed by atoms with E-state index in [1.165, 1.54) is 6.07 Å². The number of anilines is 2. The molecule has 0 atom stereocenters. The molecule has 0 saturated heterocycles. The third kappa shape index (κ3) is 2.47. The van der Waals surface area contributed by atoms with Crippen LogP contribution < -0.4 is 5.32 Å². The van der Waals surface area contributed by atoms with Crippen LogP contribution in [0.15, 0.2) is 24.5 Å². The van der Waals surface area contributed by atoms with Gasteiger partial charge in [-0.25, -0.2) is 14.4 Å². The Labute approximate surface area is 142 Å². The van der Waals surface area contributed by atoms with Crippen LogP contribution in [0.25, 0.3) is 11.2 Å². The van der Waals surface area contributed by atoms with Crippen LogP contribution in [-0.4, -0.2) is 14.5 Å². The highest BCUT2D eigenvalue weighted by molar-refractivity contribution is 6.35. The highest BCUT2D eigenvalue weighted by Crippen LogP contribution is 2.45. The molecule has 3 aromatic rings. The van der Waals surface area contributed by atoms with Crippen molar-refractivity contribution in [2.24, 2.45) is 7.05 Å².